The predicted octanol–water partition coefficient (Wildman–Crippen LogP) is 3.85. The minimum Gasteiger partial charge on any atom is -0.465 e. The number of benzene rings is 2. The lowest BCUT2D eigenvalue weighted by molar-refractivity contribution is 0.0600. The van der Waals surface area contributed by atoms with Crippen molar-refractivity contribution in [3.8, 4) is 0 Å². The fourth-order valence-corrected chi connectivity index (χ4v) is 3.27. The molecule has 0 aliphatic heterocycles. The first kappa shape index (κ1) is 17.2. The highest BCUT2D eigenvalue weighted by molar-refractivity contribution is 5.89. The van der Waals surface area contributed by atoms with Gasteiger partial charge in [0.15, 0.2) is 0 Å². The van der Waals surface area contributed by atoms with Crippen molar-refractivity contribution in [1.29, 1.82) is 0 Å². The van der Waals surface area contributed by atoms with Crippen LogP contribution in [0.4, 0.5) is 0 Å². The van der Waals surface area contributed by atoms with E-state index in [2.05, 4.69) is 54.8 Å². The van der Waals surface area contributed by atoms with Gasteiger partial charge in [0.2, 0.25) is 0 Å². The molecular formula is C21H24N2O2. The van der Waals surface area contributed by atoms with Gasteiger partial charge in [-0.1, -0.05) is 30.3 Å². The van der Waals surface area contributed by atoms with E-state index in [1.165, 1.54) is 29.3 Å². The number of hydrogen-bond acceptors (Lipinski definition) is 3. The number of aromatic nitrogens is 1. The van der Waals surface area contributed by atoms with Gasteiger partial charge in [-0.05, 0) is 50.3 Å². The Hall–Kier alpha value is -2.59. The maximum Gasteiger partial charge on any atom is 0.337 e. The van der Waals surface area contributed by atoms with E-state index in [0.717, 1.165) is 18.7 Å². The Morgan fingerprint density at radius 1 is 1.08 bits per heavy atom. The third-order valence-electron chi connectivity index (χ3n) is 4.55. The van der Waals surface area contributed by atoms with Crippen LogP contribution in [0.15, 0.2) is 48.5 Å². The number of methoxy groups -OCH3 is 1. The van der Waals surface area contributed by atoms with Crippen LogP contribution in [0.1, 0.15) is 27.2 Å². The van der Waals surface area contributed by atoms with Gasteiger partial charge < -0.3 is 14.2 Å². The maximum absolute atomic E-state index is 11.6. The third-order valence-corrected chi connectivity index (χ3v) is 4.55. The Bertz CT molecular complexity index is 892. The van der Waals surface area contributed by atoms with Gasteiger partial charge in [0.05, 0.1) is 12.7 Å². The first-order valence-electron chi connectivity index (χ1n) is 8.40. The number of ether oxygens (including phenoxy) is 1. The molecule has 0 fully saturated rings. The molecule has 0 aliphatic carbocycles. The smallest absolute Gasteiger partial charge is 0.337 e. The monoisotopic (exact) mass is 336 g/mol. The Kier molecular flexibility index (Phi) is 4.91. The zero-order valence-electron chi connectivity index (χ0n) is 15.2. The number of esters is 1. The van der Waals surface area contributed by atoms with Crippen LogP contribution in [0.5, 0.6) is 0 Å². The molecule has 2 aromatic carbocycles. The van der Waals surface area contributed by atoms with E-state index in [1.54, 1.807) is 0 Å². The molecule has 0 atom stereocenters. The van der Waals surface area contributed by atoms with Crippen LogP contribution >= 0.6 is 0 Å². The van der Waals surface area contributed by atoms with Crippen LogP contribution < -0.4 is 0 Å². The Balaban J connectivity index is 1.98. The van der Waals surface area contributed by atoms with Crippen molar-refractivity contribution < 1.29 is 9.53 Å². The number of nitrogens with zero attached hydrogens (tertiary/aromatic N) is 2. The summed E-state index contributed by atoms with van der Waals surface area (Å²) in [5.74, 6) is -0.303. The second kappa shape index (κ2) is 7.11. The average molecular weight is 336 g/mol. The molecule has 3 aromatic rings. The van der Waals surface area contributed by atoms with Crippen molar-refractivity contribution >= 4 is 16.9 Å². The Morgan fingerprint density at radius 3 is 2.40 bits per heavy atom. The van der Waals surface area contributed by atoms with E-state index in [-0.39, 0.29) is 5.97 Å². The van der Waals surface area contributed by atoms with Gasteiger partial charge in [-0.25, -0.2) is 4.79 Å². The Labute approximate surface area is 148 Å². The van der Waals surface area contributed by atoms with E-state index in [1.807, 2.05) is 24.3 Å². The molecule has 0 unspecified atom stereocenters. The zero-order valence-corrected chi connectivity index (χ0v) is 15.2. The lowest BCUT2D eigenvalue weighted by atomic mass is 10.1. The summed E-state index contributed by atoms with van der Waals surface area (Å²) >= 11 is 0. The fraction of sp³-hybridized carbons (Fsp3) is 0.286. The molecule has 0 saturated carbocycles. The summed E-state index contributed by atoms with van der Waals surface area (Å²) < 4.78 is 7.11. The molecule has 0 spiro atoms. The number of fused-ring (bicyclic) bond motifs is 1. The number of hydrogen-bond donors (Lipinski definition) is 0. The molecule has 3 rings (SSSR count). The van der Waals surface area contributed by atoms with Gasteiger partial charge in [0.25, 0.3) is 0 Å². The zero-order chi connectivity index (χ0) is 18.0. The van der Waals surface area contributed by atoms with Gasteiger partial charge in [-0.3, -0.25) is 0 Å². The molecule has 0 radical (unpaired) electrons. The van der Waals surface area contributed by atoms with E-state index < -0.39 is 0 Å². The van der Waals surface area contributed by atoms with Crippen LogP contribution in [0.2, 0.25) is 0 Å². The van der Waals surface area contributed by atoms with Gasteiger partial charge in [-0.15, -0.1) is 0 Å². The van der Waals surface area contributed by atoms with Crippen molar-refractivity contribution in [2.75, 3.05) is 21.2 Å². The molecule has 0 bridgehead atoms. The number of carbonyl (C=O) groups excluding carboxylic acids is 1. The second-order valence-corrected chi connectivity index (χ2v) is 6.59. The molecule has 25 heavy (non-hydrogen) atoms. The average Bonchev–Trinajstić information content (AvgIpc) is 2.87. The quantitative estimate of drug-likeness (QED) is 0.664. The van der Waals surface area contributed by atoms with Crippen molar-refractivity contribution in [3.05, 3.63) is 70.9 Å². The molecule has 0 saturated heterocycles. The van der Waals surface area contributed by atoms with E-state index in [0.29, 0.717) is 5.56 Å². The highest BCUT2D eigenvalue weighted by atomic mass is 16.5. The second-order valence-electron chi connectivity index (χ2n) is 6.59. The van der Waals surface area contributed by atoms with E-state index in [9.17, 15) is 4.79 Å². The lowest BCUT2D eigenvalue weighted by Gasteiger charge is -2.12. The molecular weight excluding hydrogens is 312 g/mol. The molecule has 0 N–H and O–H groups in total. The van der Waals surface area contributed by atoms with Crippen molar-refractivity contribution in [2.24, 2.45) is 0 Å². The Morgan fingerprint density at radius 2 is 1.76 bits per heavy atom. The summed E-state index contributed by atoms with van der Waals surface area (Å²) in [5, 5.41) is 1.31. The van der Waals surface area contributed by atoms with Crippen molar-refractivity contribution in [3.63, 3.8) is 0 Å². The van der Waals surface area contributed by atoms with E-state index >= 15 is 0 Å². The molecule has 0 aliphatic rings. The summed E-state index contributed by atoms with van der Waals surface area (Å²) in [5.41, 5.74) is 5.63. The first-order valence-corrected chi connectivity index (χ1v) is 8.40. The minimum atomic E-state index is -0.303. The van der Waals surface area contributed by atoms with Gasteiger partial charge >= 0.3 is 5.97 Å². The van der Waals surface area contributed by atoms with Gasteiger partial charge in [0, 0.05) is 29.7 Å². The summed E-state index contributed by atoms with van der Waals surface area (Å²) in [6.45, 7) is 3.88. The molecule has 0 amide bonds. The maximum atomic E-state index is 11.6. The number of rotatable bonds is 5. The van der Waals surface area contributed by atoms with Crippen LogP contribution in [-0.4, -0.2) is 36.6 Å². The largest absolute Gasteiger partial charge is 0.465 e. The molecule has 1 aromatic heterocycles. The van der Waals surface area contributed by atoms with Crippen LogP contribution in [0.3, 0.4) is 0 Å². The molecule has 4 heteroatoms. The third kappa shape index (κ3) is 3.44. The highest BCUT2D eigenvalue weighted by Crippen LogP contribution is 2.27. The van der Waals surface area contributed by atoms with Crippen LogP contribution in [0, 0.1) is 6.92 Å². The summed E-state index contributed by atoms with van der Waals surface area (Å²) in [6.07, 6.45) is 0. The summed E-state index contributed by atoms with van der Waals surface area (Å²) in [6, 6.07) is 16.2. The number of carbonyl (C=O) groups is 1. The normalized spacial score (nSPS) is 11.2. The van der Waals surface area contributed by atoms with Crippen molar-refractivity contribution in [1.82, 2.24) is 9.47 Å². The lowest BCUT2D eigenvalue weighted by Crippen LogP contribution is -2.12. The van der Waals surface area contributed by atoms with Gasteiger partial charge in [-0.2, -0.15) is 0 Å². The predicted molar refractivity (Wildman–Crippen MR) is 101 cm³/mol. The fourth-order valence-electron chi connectivity index (χ4n) is 3.27. The minimum absolute atomic E-state index is 0.303. The number of para-hydroxylation sites is 1. The topological polar surface area (TPSA) is 34.5 Å². The standard InChI is InChI=1S/C21H24N2O2/c1-15-19(14-22(2)3)18-7-5-6-8-20(18)23(15)13-16-9-11-17(12-10-16)21(24)25-4/h5-12H,13-14H2,1-4H3. The molecule has 130 valence electrons. The molecule has 1 heterocycles. The van der Waals surface area contributed by atoms with Gasteiger partial charge in [0.1, 0.15) is 0 Å². The SMILES string of the molecule is COC(=O)c1ccc(Cn2c(C)c(CN(C)C)c3ccccc32)cc1. The van der Waals surface area contributed by atoms with Crippen LogP contribution in [0.25, 0.3) is 10.9 Å². The summed E-state index contributed by atoms with van der Waals surface area (Å²) in [4.78, 5) is 13.8. The van der Waals surface area contributed by atoms with Crippen molar-refractivity contribution in [2.45, 2.75) is 20.0 Å². The summed E-state index contributed by atoms with van der Waals surface area (Å²) in [7, 11) is 5.59. The first-order chi connectivity index (χ1) is 12.0. The highest BCUT2D eigenvalue weighted by Gasteiger charge is 2.14. The van der Waals surface area contributed by atoms with E-state index in [4.69, 9.17) is 4.74 Å². The van der Waals surface area contributed by atoms with Crippen LogP contribution in [-0.2, 0) is 17.8 Å². The molecule has 4 nitrogen and oxygen atoms in total.